The van der Waals surface area contributed by atoms with Gasteiger partial charge in [0, 0.05) is 6.04 Å². The average molecular weight is 213 g/mol. The first kappa shape index (κ1) is 13.0. The minimum absolute atomic E-state index is 0.137. The Morgan fingerprint density at radius 3 is 2.73 bits per heavy atom. The van der Waals surface area contributed by atoms with Crippen molar-refractivity contribution in [3.8, 4) is 0 Å². The average Bonchev–Trinajstić information content (AvgIpc) is 2.46. The van der Waals surface area contributed by atoms with Crippen molar-refractivity contribution in [3.63, 3.8) is 0 Å². The van der Waals surface area contributed by atoms with Crippen molar-refractivity contribution in [2.75, 3.05) is 6.54 Å². The summed E-state index contributed by atoms with van der Waals surface area (Å²) in [5, 5.41) is 3.45. The standard InChI is InChI=1S/C13H27NO/c1-5-14-11(2)7-6-8-12-9-10-13(3,4)15-12/h11-12,14H,5-10H2,1-4H3. The topological polar surface area (TPSA) is 21.3 Å². The van der Waals surface area contributed by atoms with Gasteiger partial charge in [0.05, 0.1) is 11.7 Å². The van der Waals surface area contributed by atoms with Crippen LogP contribution in [0.2, 0.25) is 0 Å². The lowest BCUT2D eigenvalue weighted by Crippen LogP contribution is -2.26. The van der Waals surface area contributed by atoms with E-state index < -0.39 is 0 Å². The van der Waals surface area contributed by atoms with E-state index in [0.717, 1.165) is 6.54 Å². The van der Waals surface area contributed by atoms with Gasteiger partial charge in [0.25, 0.3) is 0 Å². The molecule has 0 aliphatic carbocycles. The molecule has 15 heavy (non-hydrogen) atoms. The first-order chi connectivity index (χ1) is 7.03. The van der Waals surface area contributed by atoms with Gasteiger partial charge < -0.3 is 10.1 Å². The van der Waals surface area contributed by atoms with Crippen LogP contribution in [-0.4, -0.2) is 24.3 Å². The highest BCUT2D eigenvalue weighted by molar-refractivity contribution is 4.80. The van der Waals surface area contributed by atoms with E-state index in [1.165, 1.54) is 32.1 Å². The van der Waals surface area contributed by atoms with Gasteiger partial charge in [-0.15, -0.1) is 0 Å². The van der Waals surface area contributed by atoms with Crippen molar-refractivity contribution in [2.24, 2.45) is 0 Å². The fourth-order valence-corrected chi connectivity index (χ4v) is 2.38. The van der Waals surface area contributed by atoms with E-state index in [0.29, 0.717) is 12.1 Å². The molecular weight excluding hydrogens is 186 g/mol. The summed E-state index contributed by atoms with van der Waals surface area (Å²) >= 11 is 0. The minimum Gasteiger partial charge on any atom is -0.372 e. The van der Waals surface area contributed by atoms with Gasteiger partial charge in [-0.2, -0.15) is 0 Å². The first-order valence-corrected chi connectivity index (χ1v) is 6.44. The zero-order chi connectivity index (χ0) is 11.3. The quantitative estimate of drug-likeness (QED) is 0.732. The molecule has 2 unspecified atom stereocenters. The van der Waals surface area contributed by atoms with E-state index in [1.54, 1.807) is 0 Å². The highest BCUT2D eigenvalue weighted by Gasteiger charge is 2.30. The fraction of sp³-hybridized carbons (Fsp3) is 1.00. The van der Waals surface area contributed by atoms with Crippen LogP contribution >= 0.6 is 0 Å². The molecule has 0 aromatic rings. The molecule has 1 aliphatic heterocycles. The number of hydrogen-bond donors (Lipinski definition) is 1. The summed E-state index contributed by atoms with van der Waals surface area (Å²) in [7, 11) is 0. The lowest BCUT2D eigenvalue weighted by Gasteiger charge is -2.19. The van der Waals surface area contributed by atoms with Crippen molar-refractivity contribution in [2.45, 2.75) is 77.5 Å². The number of ether oxygens (including phenoxy) is 1. The van der Waals surface area contributed by atoms with Crippen molar-refractivity contribution >= 4 is 0 Å². The van der Waals surface area contributed by atoms with Gasteiger partial charge in [-0.25, -0.2) is 0 Å². The summed E-state index contributed by atoms with van der Waals surface area (Å²) in [5.41, 5.74) is 0.137. The third kappa shape index (κ3) is 4.98. The molecular formula is C13H27NO. The minimum atomic E-state index is 0.137. The van der Waals surface area contributed by atoms with Crippen LogP contribution in [0.1, 0.15) is 59.8 Å². The van der Waals surface area contributed by atoms with Crippen LogP contribution in [0.5, 0.6) is 0 Å². The van der Waals surface area contributed by atoms with Crippen LogP contribution in [-0.2, 0) is 4.74 Å². The van der Waals surface area contributed by atoms with Gasteiger partial charge >= 0.3 is 0 Å². The molecule has 2 atom stereocenters. The molecule has 1 heterocycles. The van der Waals surface area contributed by atoms with Crippen molar-refractivity contribution in [1.29, 1.82) is 0 Å². The second-order valence-electron chi connectivity index (χ2n) is 5.43. The molecule has 0 aromatic heterocycles. The fourth-order valence-electron chi connectivity index (χ4n) is 2.38. The molecule has 1 saturated heterocycles. The smallest absolute Gasteiger partial charge is 0.0631 e. The molecule has 0 bridgehead atoms. The molecule has 1 N–H and O–H groups in total. The first-order valence-electron chi connectivity index (χ1n) is 6.44. The van der Waals surface area contributed by atoms with E-state index in [9.17, 15) is 0 Å². The summed E-state index contributed by atoms with van der Waals surface area (Å²) < 4.78 is 5.97. The molecule has 1 fully saturated rings. The van der Waals surface area contributed by atoms with Crippen LogP contribution in [0.3, 0.4) is 0 Å². The van der Waals surface area contributed by atoms with Crippen LogP contribution in [0, 0.1) is 0 Å². The van der Waals surface area contributed by atoms with Gasteiger partial charge in [0.2, 0.25) is 0 Å². The monoisotopic (exact) mass is 213 g/mol. The van der Waals surface area contributed by atoms with E-state index in [-0.39, 0.29) is 5.60 Å². The van der Waals surface area contributed by atoms with Gasteiger partial charge in [-0.3, -0.25) is 0 Å². The largest absolute Gasteiger partial charge is 0.372 e. The van der Waals surface area contributed by atoms with Gasteiger partial charge in [0.15, 0.2) is 0 Å². The summed E-state index contributed by atoms with van der Waals surface area (Å²) in [6, 6.07) is 0.657. The maximum absolute atomic E-state index is 5.97. The highest BCUT2D eigenvalue weighted by Crippen LogP contribution is 2.31. The maximum Gasteiger partial charge on any atom is 0.0631 e. The second-order valence-corrected chi connectivity index (χ2v) is 5.43. The Labute approximate surface area is 94.8 Å². The molecule has 0 amide bonds. The lowest BCUT2D eigenvalue weighted by molar-refractivity contribution is -0.0192. The SMILES string of the molecule is CCNC(C)CCCC1CCC(C)(C)O1. The van der Waals surface area contributed by atoms with Crippen molar-refractivity contribution in [3.05, 3.63) is 0 Å². The Balaban J connectivity index is 2.06. The highest BCUT2D eigenvalue weighted by atomic mass is 16.5. The Morgan fingerprint density at radius 1 is 1.47 bits per heavy atom. The normalized spacial score (nSPS) is 26.8. The Bertz CT molecular complexity index is 179. The molecule has 1 aliphatic rings. The van der Waals surface area contributed by atoms with Crippen molar-refractivity contribution < 1.29 is 4.74 Å². The Morgan fingerprint density at radius 2 is 2.20 bits per heavy atom. The Hall–Kier alpha value is -0.0800. The van der Waals surface area contributed by atoms with Crippen LogP contribution in [0.25, 0.3) is 0 Å². The van der Waals surface area contributed by atoms with Gasteiger partial charge in [-0.05, 0) is 59.4 Å². The van der Waals surface area contributed by atoms with Gasteiger partial charge in [-0.1, -0.05) is 6.92 Å². The van der Waals surface area contributed by atoms with E-state index >= 15 is 0 Å². The third-order valence-electron chi connectivity index (χ3n) is 3.27. The molecule has 0 saturated carbocycles. The Kier molecular flexibility index (Phi) is 5.07. The predicted molar refractivity (Wildman–Crippen MR) is 65.2 cm³/mol. The zero-order valence-electron chi connectivity index (χ0n) is 10.8. The summed E-state index contributed by atoms with van der Waals surface area (Å²) in [5.74, 6) is 0. The molecule has 2 nitrogen and oxygen atoms in total. The van der Waals surface area contributed by atoms with E-state index in [2.05, 4.69) is 33.0 Å². The summed E-state index contributed by atoms with van der Waals surface area (Å²) in [6.07, 6.45) is 6.79. The molecule has 90 valence electrons. The number of nitrogens with one attached hydrogen (secondary N) is 1. The summed E-state index contributed by atoms with van der Waals surface area (Å²) in [4.78, 5) is 0. The maximum atomic E-state index is 5.97. The second kappa shape index (κ2) is 5.86. The number of hydrogen-bond acceptors (Lipinski definition) is 2. The van der Waals surface area contributed by atoms with E-state index in [1.807, 2.05) is 0 Å². The molecule has 1 rings (SSSR count). The predicted octanol–water partition coefficient (Wildman–Crippen LogP) is 3.11. The van der Waals surface area contributed by atoms with Gasteiger partial charge in [0.1, 0.15) is 0 Å². The van der Waals surface area contributed by atoms with Crippen LogP contribution in [0.15, 0.2) is 0 Å². The third-order valence-corrected chi connectivity index (χ3v) is 3.27. The molecule has 2 heteroatoms. The van der Waals surface area contributed by atoms with E-state index in [4.69, 9.17) is 4.74 Å². The molecule has 0 spiro atoms. The molecule has 0 radical (unpaired) electrons. The van der Waals surface area contributed by atoms with Crippen molar-refractivity contribution in [1.82, 2.24) is 5.32 Å². The zero-order valence-corrected chi connectivity index (χ0v) is 10.8. The van der Waals surface area contributed by atoms with Crippen LogP contribution in [0.4, 0.5) is 0 Å². The number of rotatable bonds is 6. The lowest BCUT2D eigenvalue weighted by atomic mass is 10.0. The van der Waals surface area contributed by atoms with Crippen LogP contribution < -0.4 is 5.32 Å². The molecule has 0 aromatic carbocycles. The summed E-state index contributed by atoms with van der Waals surface area (Å²) in [6.45, 7) is 9.92.